The Morgan fingerprint density at radius 1 is 1.29 bits per heavy atom. The molecule has 4 rings (SSSR count). The van der Waals surface area contributed by atoms with E-state index in [4.69, 9.17) is 4.98 Å². The zero-order valence-corrected chi connectivity index (χ0v) is 16.8. The molecule has 148 valence electrons. The van der Waals surface area contributed by atoms with Gasteiger partial charge < -0.3 is 14.8 Å². The Morgan fingerprint density at radius 3 is 2.82 bits per heavy atom. The van der Waals surface area contributed by atoms with Gasteiger partial charge in [0.15, 0.2) is 17.0 Å². The summed E-state index contributed by atoms with van der Waals surface area (Å²) in [5.74, 6) is 1.67. The van der Waals surface area contributed by atoms with Gasteiger partial charge in [-0.2, -0.15) is 5.10 Å². The summed E-state index contributed by atoms with van der Waals surface area (Å²) in [5.41, 5.74) is 3.52. The number of imidazole rings is 1. The van der Waals surface area contributed by atoms with Gasteiger partial charge in [0.2, 0.25) is 5.91 Å². The lowest BCUT2D eigenvalue weighted by atomic mass is 10.2. The molecule has 1 atom stereocenters. The molecule has 1 saturated heterocycles. The smallest absolute Gasteiger partial charge is 0.224 e. The summed E-state index contributed by atoms with van der Waals surface area (Å²) in [6.45, 7) is 8.50. The van der Waals surface area contributed by atoms with E-state index in [1.165, 1.54) is 0 Å². The van der Waals surface area contributed by atoms with Crippen LogP contribution in [0.25, 0.3) is 22.6 Å². The number of fused-ring (bicyclic) bond motifs is 1. The van der Waals surface area contributed by atoms with Crippen molar-refractivity contribution < 1.29 is 4.79 Å². The number of rotatable bonds is 6. The van der Waals surface area contributed by atoms with Crippen molar-refractivity contribution in [1.82, 2.24) is 34.2 Å². The third-order valence-electron chi connectivity index (χ3n) is 5.35. The second-order valence-electron chi connectivity index (χ2n) is 7.23. The van der Waals surface area contributed by atoms with Crippen molar-refractivity contribution in [2.24, 2.45) is 7.05 Å². The topological polar surface area (TPSA) is 93.8 Å². The Hall–Kier alpha value is -2.97. The van der Waals surface area contributed by atoms with Crippen LogP contribution in [0.15, 0.2) is 12.5 Å². The molecule has 9 heteroatoms. The minimum atomic E-state index is 0.0344. The van der Waals surface area contributed by atoms with Crippen LogP contribution in [0.3, 0.4) is 0 Å². The van der Waals surface area contributed by atoms with Crippen LogP contribution in [0.5, 0.6) is 0 Å². The molecule has 0 radical (unpaired) electrons. The van der Waals surface area contributed by atoms with E-state index in [2.05, 4.69) is 34.2 Å². The molecule has 0 bridgehead atoms. The van der Waals surface area contributed by atoms with E-state index in [9.17, 15) is 4.79 Å². The van der Waals surface area contributed by atoms with Gasteiger partial charge in [-0.3, -0.25) is 9.48 Å². The monoisotopic (exact) mass is 382 g/mol. The van der Waals surface area contributed by atoms with Gasteiger partial charge in [-0.05, 0) is 20.3 Å². The Morgan fingerprint density at radius 2 is 2.11 bits per heavy atom. The maximum absolute atomic E-state index is 12.2. The van der Waals surface area contributed by atoms with E-state index in [-0.39, 0.29) is 11.9 Å². The van der Waals surface area contributed by atoms with Crippen molar-refractivity contribution in [3.05, 3.63) is 18.2 Å². The van der Waals surface area contributed by atoms with Crippen LogP contribution in [-0.2, 0) is 18.4 Å². The van der Waals surface area contributed by atoms with Crippen molar-refractivity contribution >= 4 is 22.9 Å². The second-order valence-corrected chi connectivity index (χ2v) is 7.23. The summed E-state index contributed by atoms with van der Waals surface area (Å²) in [5, 5.41) is 7.85. The highest BCUT2D eigenvalue weighted by Crippen LogP contribution is 2.28. The molecule has 1 aliphatic heterocycles. The Kier molecular flexibility index (Phi) is 4.74. The van der Waals surface area contributed by atoms with E-state index in [0.717, 1.165) is 42.2 Å². The molecule has 0 saturated carbocycles. The molecule has 0 spiro atoms. The van der Waals surface area contributed by atoms with E-state index < -0.39 is 0 Å². The number of carbonyl (C=O) groups excluding carboxylic acids is 1. The van der Waals surface area contributed by atoms with Gasteiger partial charge in [0.05, 0.1) is 17.8 Å². The Bertz CT molecular complexity index is 1020. The van der Waals surface area contributed by atoms with Crippen LogP contribution >= 0.6 is 0 Å². The minimum absolute atomic E-state index is 0.0344. The van der Waals surface area contributed by atoms with E-state index in [1.54, 1.807) is 6.33 Å². The van der Waals surface area contributed by atoms with Gasteiger partial charge in [0.1, 0.15) is 12.2 Å². The normalized spacial score (nSPS) is 17.1. The predicted molar refractivity (Wildman–Crippen MR) is 107 cm³/mol. The average Bonchev–Trinajstić information content (AvgIpc) is 3.32. The lowest BCUT2D eigenvalue weighted by molar-refractivity contribution is -0.127. The maximum atomic E-state index is 12.2. The van der Waals surface area contributed by atoms with E-state index in [0.29, 0.717) is 24.3 Å². The molecule has 28 heavy (non-hydrogen) atoms. The number of nitrogens with one attached hydrogen (secondary N) is 1. The summed E-state index contributed by atoms with van der Waals surface area (Å²) in [7, 11) is 1.95. The summed E-state index contributed by atoms with van der Waals surface area (Å²) in [6, 6.07) is 0.0344. The molecular formula is C19H26N8O. The van der Waals surface area contributed by atoms with Gasteiger partial charge in [-0.1, -0.05) is 6.92 Å². The number of likely N-dealkylation sites (tertiary alicyclic amines) is 1. The number of amides is 1. The van der Waals surface area contributed by atoms with Crippen molar-refractivity contribution in [2.45, 2.75) is 46.2 Å². The SMILES string of the molecule is CCCN1CC(Nc2ncnc3c2nc(-c2cnn(CC)c2C)n3C)CC1=O. The first kappa shape index (κ1) is 18.4. The molecule has 3 aromatic rings. The fourth-order valence-electron chi connectivity index (χ4n) is 3.88. The number of aryl methyl sites for hydroxylation is 2. The van der Waals surface area contributed by atoms with Crippen molar-refractivity contribution in [2.75, 3.05) is 18.4 Å². The van der Waals surface area contributed by atoms with E-state index >= 15 is 0 Å². The molecule has 0 aliphatic carbocycles. The molecule has 3 aromatic heterocycles. The molecular weight excluding hydrogens is 356 g/mol. The first-order chi connectivity index (χ1) is 13.5. The van der Waals surface area contributed by atoms with Crippen molar-refractivity contribution in [3.8, 4) is 11.4 Å². The minimum Gasteiger partial charge on any atom is -0.363 e. The summed E-state index contributed by atoms with van der Waals surface area (Å²) < 4.78 is 3.92. The van der Waals surface area contributed by atoms with Crippen LogP contribution in [0.1, 0.15) is 32.4 Å². The van der Waals surface area contributed by atoms with Gasteiger partial charge >= 0.3 is 0 Å². The Balaban J connectivity index is 1.68. The first-order valence-corrected chi connectivity index (χ1v) is 9.78. The number of carbonyl (C=O) groups is 1. The molecule has 0 aromatic carbocycles. The van der Waals surface area contributed by atoms with Gasteiger partial charge in [-0.25, -0.2) is 15.0 Å². The largest absolute Gasteiger partial charge is 0.363 e. The van der Waals surface area contributed by atoms with Gasteiger partial charge in [-0.15, -0.1) is 0 Å². The summed E-state index contributed by atoms with van der Waals surface area (Å²) in [6.07, 6.45) is 4.83. The average molecular weight is 382 g/mol. The lowest BCUT2D eigenvalue weighted by Gasteiger charge is -2.16. The van der Waals surface area contributed by atoms with E-state index in [1.807, 2.05) is 34.3 Å². The van der Waals surface area contributed by atoms with Crippen LogP contribution in [0.4, 0.5) is 5.82 Å². The highest BCUT2D eigenvalue weighted by atomic mass is 16.2. The number of aromatic nitrogens is 6. The maximum Gasteiger partial charge on any atom is 0.224 e. The first-order valence-electron chi connectivity index (χ1n) is 9.78. The Labute approximate surface area is 163 Å². The number of hydrogen-bond donors (Lipinski definition) is 1. The predicted octanol–water partition coefficient (Wildman–Crippen LogP) is 1.98. The van der Waals surface area contributed by atoms with Crippen molar-refractivity contribution in [3.63, 3.8) is 0 Å². The molecule has 1 amide bonds. The number of anilines is 1. The fraction of sp³-hybridized carbons (Fsp3) is 0.526. The lowest BCUT2D eigenvalue weighted by Crippen LogP contribution is -2.28. The molecule has 1 unspecified atom stereocenters. The molecule has 1 aliphatic rings. The zero-order chi connectivity index (χ0) is 19.8. The standard InChI is InChI=1S/C19H26N8O/c1-5-7-26-10-13(8-15(26)28)23-17-16-19(21-11-20-17)25(4)18(24-16)14-9-22-27(6-2)12(14)3/h9,11,13H,5-8,10H2,1-4H3,(H,20,21,23). The number of hydrogen-bond acceptors (Lipinski definition) is 6. The highest BCUT2D eigenvalue weighted by Gasteiger charge is 2.30. The second kappa shape index (κ2) is 7.21. The highest BCUT2D eigenvalue weighted by molar-refractivity contribution is 5.87. The third kappa shape index (κ3) is 3.00. The fourth-order valence-corrected chi connectivity index (χ4v) is 3.88. The molecule has 1 N–H and O–H groups in total. The quantitative estimate of drug-likeness (QED) is 0.701. The van der Waals surface area contributed by atoms with Crippen LogP contribution < -0.4 is 5.32 Å². The molecule has 1 fully saturated rings. The van der Waals surface area contributed by atoms with Crippen molar-refractivity contribution in [1.29, 1.82) is 0 Å². The summed E-state index contributed by atoms with van der Waals surface area (Å²) in [4.78, 5) is 27.7. The number of nitrogens with zero attached hydrogens (tertiary/aromatic N) is 7. The van der Waals surface area contributed by atoms with Gasteiger partial charge in [0.25, 0.3) is 0 Å². The van der Waals surface area contributed by atoms with Crippen LogP contribution in [0, 0.1) is 6.92 Å². The summed E-state index contributed by atoms with van der Waals surface area (Å²) >= 11 is 0. The van der Waals surface area contributed by atoms with Crippen LogP contribution in [0.2, 0.25) is 0 Å². The molecule has 9 nitrogen and oxygen atoms in total. The van der Waals surface area contributed by atoms with Gasteiger partial charge in [0, 0.05) is 38.8 Å². The zero-order valence-electron chi connectivity index (χ0n) is 16.8. The van der Waals surface area contributed by atoms with Crippen LogP contribution in [-0.4, -0.2) is 59.2 Å². The molecule has 4 heterocycles. The third-order valence-corrected chi connectivity index (χ3v) is 5.35.